The number of fused-ring (bicyclic) bond motifs is 1. The standard InChI is InChI=1S/C14H16N2O3S/c15-11-4-3-10-7-12(9-14(17)13(10)8-11)20(18,19)16-5-1-2-6-16/h3-4,7-9,17H,1-2,5-6,15H2. The Bertz CT molecular complexity index is 765. The molecule has 0 atom stereocenters. The van der Waals surface area contributed by atoms with Gasteiger partial charge in [-0.05, 0) is 36.4 Å². The Morgan fingerprint density at radius 1 is 1.10 bits per heavy atom. The minimum Gasteiger partial charge on any atom is -0.507 e. The highest BCUT2D eigenvalue weighted by Crippen LogP contribution is 2.32. The van der Waals surface area contributed by atoms with Gasteiger partial charge in [0.1, 0.15) is 5.75 Å². The van der Waals surface area contributed by atoms with Crippen molar-refractivity contribution in [2.24, 2.45) is 0 Å². The van der Waals surface area contributed by atoms with Crippen LogP contribution in [-0.2, 0) is 10.0 Å². The third-order valence-electron chi connectivity index (χ3n) is 3.63. The summed E-state index contributed by atoms with van der Waals surface area (Å²) in [5.74, 6) is -0.0624. The summed E-state index contributed by atoms with van der Waals surface area (Å²) in [4.78, 5) is 0.133. The number of nitrogen functional groups attached to an aromatic ring is 1. The van der Waals surface area contributed by atoms with Gasteiger partial charge in [-0.15, -0.1) is 0 Å². The average Bonchev–Trinajstić information content (AvgIpc) is 2.94. The lowest BCUT2D eigenvalue weighted by molar-refractivity contribution is 0.469. The van der Waals surface area contributed by atoms with Crippen molar-refractivity contribution in [3.05, 3.63) is 30.3 Å². The molecule has 0 saturated carbocycles. The van der Waals surface area contributed by atoms with Crippen LogP contribution in [-0.4, -0.2) is 30.9 Å². The monoisotopic (exact) mass is 292 g/mol. The summed E-state index contributed by atoms with van der Waals surface area (Å²) >= 11 is 0. The summed E-state index contributed by atoms with van der Waals surface area (Å²) in [6, 6.07) is 7.93. The van der Waals surface area contributed by atoms with Crippen LogP contribution in [0, 0.1) is 0 Å². The summed E-state index contributed by atoms with van der Waals surface area (Å²) in [6.07, 6.45) is 1.77. The van der Waals surface area contributed by atoms with Gasteiger partial charge in [0, 0.05) is 30.2 Å². The number of anilines is 1. The second kappa shape index (κ2) is 4.64. The number of sulfonamides is 1. The maximum atomic E-state index is 12.5. The molecule has 1 aliphatic heterocycles. The molecule has 3 rings (SSSR count). The highest BCUT2D eigenvalue weighted by molar-refractivity contribution is 7.89. The summed E-state index contributed by atoms with van der Waals surface area (Å²) in [5, 5.41) is 11.3. The van der Waals surface area contributed by atoms with Crippen LogP contribution < -0.4 is 5.73 Å². The maximum Gasteiger partial charge on any atom is 0.243 e. The number of rotatable bonds is 2. The first-order valence-corrected chi connectivity index (χ1v) is 7.95. The van der Waals surface area contributed by atoms with Crippen molar-refractivity contribution in [3.63, 3.8) is 0 Å². The quantitative estimate of drug-likeness (QED) is 0.828. The van der Waals surface area contributed by atoms with Crippen molar-refractivity contribution >= 4 is 26.5 Å². The molecular weight excluding hydrogens is 276 g/mol. The molecule has 0 radical (unpaired) electrons. The molecular formula is C14H16N2O3S. The van der Waals surface area contributed by atoms with Crippen LogP contribution in [0.4, 0.5) is 5.69 Å². The van der Waals surface area contributed by atoms with Gasteiger partial charge in [-0.3, -0.25) is 0 Å². The average molecular weight is 292 g/mol. The number of phenolic OH excluding ortho intramolecular Hbond substituents is 1. The third kappa shape index (κ3) is 2.10. The predicted molar refractivity (Wildman–Crippen MR) is 78.0 cm³/mol. The number of hydrogen-bond acceptors (Lipinski definition) is 4. The molecule has 1 aliphatic rings. The number of hydrogen-bond donors (Lipinski definition) is 2. The van der Waals surface area contributed by atoms with E-state index in [0.717, 1.165) is 12.8 Å². The third-order valence-corrected chi connectivity index (χ3v) is 5.51. The number of phenols is 1. The zero-order valence-corrected chi connectivity index (χ0v) is 11.7. The lowest BCUT2D eigenvalue weighted by Gasteiger charge is -2.16. The van der Waals surface area contributed by atoms with Gasteiger partial charge in [0.05, 0.1) is 4.90 Å². The van der Waals surface area contributed by atoms with E-state index in [1.165, 1.54) is 10.4 Å². The van der Waals surface area contributed by atoms with Crippen LogP contribution in [0.15, 0.2) is 35.2 Å². The highest BCUT2D eigenvalue weighted by atomic mass is 32.2. The lowest BCUT2D eigenvalue weighted by Crippen LogP contribution is -2.27. The summed E-state index contributed by atoms with van der Waals surface area (Å²) < 4.78 is 26.4. The van der Waals surface area contributed by atoms with Gasteiger partial charge in [-0.1, -0.05) is 6.07 Å². The number of nitrogens with zero attached hydrogens (tertiary/aromatic N) is 1. The molecule has 0 spiro atoms. The van der Waals surface area contributed by atoms with Crippen molar-refractivity contribution in [2.45, 2.75) is 17.7 Å². The molecule has 0 bridgehead atoms. The molecule has 1 saturated heterocycles. The summed E-state index contributed by atoms with van der Waals surface area (Å²) in [5.41, 5.74) is 6.21. The highest BCUT2D eigenvalue weighted by Gasteiger charge is 2.27. The van der Waals surface area contributed by atoms with E-state index in [1.54, 1.807) is 24.3 Å². The van der Waals surface area contributed by atoms with Crippen molar-refractivity contribution in [1.29, 1.82) is 0 Å². The van der Waals surface area contributed by atoms with E-state index >= 15 is 0 Å². The van der Waals surface area contributed by atoms with Crippen LogP contribution >= 0.6 is 0 Å². The molecule has 0 unspecified atom stereocenters. The van der Waals surface area contributed by atoms with Crippen molar-refractivity contribution < 1.29 is 13.5 Å². The molecule has 0 aliphatic carbocycles. The Kier molecular flexibility index (Phi) is 3.07. The second-order valence-electron chi connectivity index (χ2n) is 5.03. The maximum absolute atomic E-state index is 12.5. The van der Waals surface area contributed by atoms with Crippen LogP contribution in [0.3, 0.4) is 0 Å². The fourth-order valence-electron chi connectivity index (χ4n) is 2.56. The zero-order chi connectivity index (χ0) is 14.3. The van der Waals surface area contributed by atoms with E-state index in [4.69, 9.17) is 5.73 Å². The Balaban J connectivity index is 2.15. The second-order valence-corrected chi connectivity index (χ2v) is 6.97. The first kappa shape index (κ1) is 13.2. The van der Waals surface area contributed by atoms with Crippen LogP contribution in [0.1, 0.15) is 12.8 Å². The molecule has 2 aromatic rings. The van der Waals surface area contributed by atoms with Gasteiger partial charge in [0.15, 0.2) is 0 Å². The minimum absolute atomic E-state index is 0.0624. The summed E-state index contributed by atoms with van der Waals surface area (Å²) in [7, 11) is -3.52. The first-order valence-electron chi connectivity index (χ1n) is 6.51. The topological polar surface area (TPSA) is 83.6 Å². The molecule has 1 fully saturated rings. The molecule has 20 heavy (non-hydrogen) atoms. The molecule has 0 aromatic heterocycles. The van der Waals surface area contributed by atoms with E-state index < -0.39 is 10.0 Å². The van der Waals surface area contributed by atoms with Crippen LogP contribution in [0.2, 0.25) is 0 Å². The van der Waals surface area contributed by atoms with Crippen molar-refractivity contribution in [2.75, 3.05) is 18.8 Å². The van der Waals surface area contributed by atoms with Gasteiger partial charge in [0.25, 0.3) is 0 Å². The van der Waals surface area contributed by atoms with E-state index in [-0.39, 0.29) is 10.6 Å². The van der Waals surface area contributed by atoms with Gasteiger partial charge in [0.2, 0.25) is 10.0 Å². The minimum atomic E-state index is -3.52. The molecule has 5 nitrogen and oxygen atoms in total. The van der Waals surface area contributed by atoms with Gasteiger partial charge in [-0.2, -0.15) is 4.31 Å². The van der Waals surface area contributed by atoms with Gasteiger partial charge in [-0.25, -0.2) is 8.42 Å². The molecule has 1 heterocycles. The van der Waals surface area contributed by atoms with Crippen LogP contribution in [0.25, 0.3) is 10.8 Å². The normalized spacial score (nSPS) is 16.8. The van der Waals surface area contributed by atoms with Crippen molar-refractivity contribution in [3.8, 4) is 5.75 Å². The zero-order valence-electron chi connectivity index (χ0n) is 10.9. The van der Waals surface area contributed by atoms with E-state index in [9.17, 15) is 13.5 Å². The molecule has 2 aromatic carbocycles. The fourth-order valence-corrected chi connectivity index (χ4v) is 4.13. The first-order chi connectivity index (χ1) is 9.48. The number of benzene rings is 2. The van der Waals surface area contributed by atoms with E-state index in [1.807, 2.05) is 0 Å². The van der Waals surface area contributed by atoms with Gasteiger partial charge >= 0.3 is 0 Å². The molecule has 0 amide bonds. The number of aromatic hydroxyl groups is 1. The smallest absolute Gasteiger partial charge is 0.243 e. The Morgan fingerprint density at radius 3 is 2.50 bits per heavy atom. The van der Waals surface area contributed by atoms with Crippen LogP contribution in [0.5, 0.6) is 5.75 Å². The fraction of sp³-hybridized carbons (Fsp3) is 0.286. The van der Waals surface area contributed by atoms with Gasteiger partial charge < -0.3 is 10.8 Å². The Hall–Kier alpha value is -1.79. The Labute approximate surface area is 117 Å². The predicted octanol–water partition coefficient (Wildman–Crippen LogP) is 1.91. The molecule has 3 N–H and O–H groups in total. The lowest BCUT2D eigenvalue weighted by atomic mass is 10.1. The SMILES string of the molecule is Nc1ccc2cc(S(=O)(=O)N3CCCC3)cc(O)c2c1. The van der Waals surface area contributed by atoms with Crippen molar-refractivity contribution in [1.82, 2.24) is 4.31 Å². The summed E-state index contributed by atoms with van der Waals surface area (Å²) in [6.45, 7) is 1.09. The number of nitrogens with two attached hydrogens (primary N) is 1. The molecule has 6 heteroatoms. The Morgan fingerprint density at radius 2 is 1.80 bits per heavy atom. The van der Waals surface area contributed by atoms with E-state index in [2.05, 4.69) is 0 Å². The molecule has 106 valence electrons. The largest absolute Gasteiger partial charge is 0.507 e. The van der Waals surface area contributed by atoms with E-state index in [0.29, 0.717) is 29.5 Å².